The Morgan fingerprint density at radius 1 is 1.47 bits per heavy atom. The van der Waals surface area contributed by atoms with Gasteiger partial charge in [0.2, 0.25) is 4.91 Å². The molecule has 1 fully saturated rings. The van der Waals surface area contributed by atoms with Gasteiger partial charge >= 0.3 is 5.97 Å². The smallest absolute Gasteiger partial charge is 0.311 e. The van der Waals surface area contributed by atoms with E-state index < -0.39 is 0 Å². The van der Waals surface area contributed by atoms with Crippen LogP contribution in [0.25, 0.3) is 0 Å². The predicted octanol–water partition coefficient (Wildman–Crippen LogP) is 1.71. The average Bonchev–Trinajstić information content (AvgIpc) is 2.73. The summed E-state index contributed by atoms with van der Waals surface area (Å²) in [6.07, 6.45) is 4.75. The molecule has 0 N–H and O–H groups in total. The van der Waals surface area contributed by atoms with Crippen LogP contribution in [0, 0.1) is 5.41 Å². The largest absolute Gasteiger partial charge is 0.469 e. The molecule has 1 saturated carbocycles. The summed E-state index contributed by atoms with van der Waals surface area (Å²) >= 11 is 0. The van der Waals surface area contributed by atoms with E-state index in [9.17, 15) is 4.79 Å². The van der Waals surface area contributed by atoms with E-state index in [0.29, 0.717) is 6.54 Å². The van der Waals surface area contributed by atoms with Crippen LogP contribution in [-0.2, 0) is 9.53 Å². The van der Waals surface area contributed by atoms with Gasteiger partial charge in [0.15, 0.2) is 0 Å². The molecule has 0 bridgehead atoms. The van der Waals surface area contributed by atoms with Gasteiger partial charge in [0.25, 0.3) is 0 Å². The Morgan fingerprint density at radius 2 is 2.13 bits per heavy atom. The van der Waals surface area contributed by atoms with E-state index in [0.717, 1.165) is 32.1 Å². The minimum absolute atomic E-state index is 0.0939. The molecule has 1 aliphatic rings. The monoisotopic (exact) mass is 212 g/mol. The van der Waals surface area contributed by atoms with Crippen molar-refractivity contribution in [2.24, 2.45) is 15.6 Å². The molecule has 84 valence electrons. The predicted molar refractivity (Wildman–Crippen MR) is 55.3 cm³/mol. The second-order valence-corrected chi connectivity index (χ2v) is 3.88. The van der Waals surface area contributed by atoms with Gasteiger partial charge in [-0.2, -0.15) is 0 Å². The van der Waals surface area contributed by atoms with Gasteiger partial charge in [0, 0.05) is 0 Å². The highest BCUT2D eigenvalue weighted by molar-refractivity contribution is 5.77. The number of esters is 1. The molecule has 1 rings (SSSR count). The molecule has 0 aromatic rings. The molecule has 5 heteroatoms. The molecule has 0 aliphatic heterocycles. The van der Waals surface area contributed by atoms with E-state index in [-0.39, 0.29) is 11.4 Å². The number of methoxy groups -OCH3 is 1. The molecule has 0 aromatic carbocycles. The van der Waals surface area contributed by atoms with E-state index in [1.807, 2.05) is 0 Å². The van der Waals surface area contributed by atoms with Gasteiger partial charge in [-0.1, -0.05) is 12.8 Å². The van der Waals surface area contributed by atoms with E-state index in [2.05, 4.69) is 15.1 Å². The summed E-state index contributed by atoms with van der Waals surface area (Å²) in [5, 5.41) is 7.40. The standard InChI is InChI=1S/C10H18N3O2/c1-11-13-12-8-7-10(9(14)15-2)5-3-4-6-10/h3-8H2,1-2H3/q+1. The zero-order chi connectivity index (χ0) is 11.1. The highest BCUT2D eigenvalue weighted by Gasteiger charge is 2.41. The second-order valence-electron chi connectivity index (χ2n) is 3.88. The highest BCUT2D eigenvalue weighted by Crippen LogP contribution is 2.42. The number of hydrogen-bond acceptors (Lipinski definition) is 4. The van der Waals surface area contributed by atoms with Crippen molar-refractivity contribution in [3.05, 3.63) is 0 Å². The van der Waals surface area contributed by atoms with Gasteiger partial charge in [-0.3, -0.25) is 4.79 Å². The molecule has 0 spiro atoms. The van der Waals surface area contributed by atoms with Crippen LogP contribution in [0.1, 0.15) is 32.1 Å². The second kappa shape index (κ2) is 5.61. The normalized spacial score (nSPS) is 18.0. The molecule has 15 heavy (non-hydrogen) atoms. The van der Waals surface area contributed by atoms with E-state index in [1.165, 1.54) is 7.11 Å². The zero-order valence-electron chi connectivity index (χ0n) is 9.40. The summed E-state index contributed by atoms with van der Waals surface area (Å²) in [6, 6.07) is 0. The maximum Gasteiger partial charge on any atom is 0.311 e. The molecule has 0 saturated heterocycles. The van der Waals surface area contributed by atoms with E-state index >= 15 is 0 Å². The van der Waals surface area contributed by atoms with Gasteiger partial charge < -0.3 is 4.74 Å². The fourth-order valence-electron chi connectivity index (χ4n) is 2.20. The van der Waals surface area contributed by atoms with Crippen LogP contribution in [0.3, 0.4) is 0 Å². The lowest BCUT2D eigenvalue weighted by Gasteiger charge is -2.23. The van der Waals surface area contributed by atoms with E-state index in [4.69, 9.17) is 4.74 Å². The third-order valence-corrected chi connectivity index (χ3v) is 3.02. The number of hydrogen-bond donors (Lipinski definition) is 0. The van der Waals surface area contributed by atoms with Crippen molar-refractivity contribution in [1.82, 2.24) is 4.91 Å². The summed E-state index contributed by atoms with van der Waals surface area (Å²) in [5.74, 6) is -0.0939. The first-order valence-corrected chi connectivity index (χ1v) is 5.29. The number of rotatable bonds is 4. The molecule has 0 unspecified atom stereocenters. The third-order valence-electron chi connectivity index (χ3n) is 3.02. The summed E-state index contributed by atoms with van der Waals surface area (Å²) in [4.78, 5) is 15.2. The lowest BCUT2D eigenvalue weighted by molar-refractivity contribution is -0.152. The molecule has 0 aromatic heterocycles. The van der Waals surface area contributed by atoms with Gasteiger partial charge in [0.1, 0.15) is 23.8 Å². The van der Waals surface area contributed by atoms with Crippen molar-refractivity contribution < 1.29 is 9.53 Å². The first-order valence-electron chi connectivity index (χ1n) is 5.29. The fraction of sp³-hybridized carbons (Fsp3) is 0.900. The Kier molecular flexibility index (Phi) is 4.43. The molecule has 0 heterocycles. The minimum atomic E-state index is -0.304. The van der Waals surface area contributed by atoms with Crippen molar-refractivity contribution in [1.29, 1.82) is 0 Å². The van der Waals surface area contributed by atoms with Crippen molar-refractivity contribution in [3.8, 4) is 0 Å². The maximum absolute atomic E-state index is 11.7. The lowest BCUT2D eigenvalue weighted by Crippen LogP contribution is -2.30. The van der Waals surface area contributed by atoms with Crippen LogP contribution in [-0.4, -0.2) is 26.7 Å². The van der Waals surface area contributed by atoms with Crippen LogP contribution in [0.2, 0.25) is 0 Å². The molecule has 0 atom stereocenters. The van der Waals surface area contributed by atoms with E-state index in [1.54, 1.807) is 7.05 Å². The lowest BCUT2D eigenvalue weighted by atomic mass is 9.83. The quantitative estimate of drug-likeness (QED) is 0.404. The Morgan fingerprint density at radius 3 is 2.67 bits per heavy atom. The number of carbonyl (C=O) groups is 1. The summed E-state index contributed by atoms with van der Waals surface area (Å²) < 4.78 is 4.86. The van der Waals surface area contributed by atoms with Crippen molar-refractivity contribution >= 4 is 5.97 Å². The molecular formula is C10H18N3O2+. The average molecular weight is 212 g/mol. The van der Waals surface area contributed by atoms with Gasteiger partial charge in [-0.25, -0.2) is 0 Å². The number of carbonyl (C=O) groups excluding carboxylic acids is 1. The maximum atomic E-state index is 11.7. The zero-order valence-corrected chi connectivity index (χ0v) is 9.40. The fourth-order valence-corrected chi connectivity index (χ4v) is 2.20. The van der Waals surface area contributed by atoms with Gasteiger partial charge in [0.05, 0.1) is 12.5 Å². The Bertz CT molecular complexity index is 276. The van der Waals surface area contributed by atoms with Crippen molar-refractivity contribution in [2.75, 3.05) is 20.7 Å². The van der Waals surface area contributed by atoms with Crippen LogP contribution >= 0.6 is 0 Å². The third kappa shape index (κ3) is 2.86. The number of ether oxygens (including phenoxy) is 1. The molecular weight excluding hydrogens is 194 g/mol. The Balaban J connectivity index is 2.58. The Labute approximate surface area is 89.6 Å². The minimum Gasteiger partial charge on any atom is -0.469 e. The van der Waals surface area contributed by atoms with Crippen LogP contribution in [0.4, 0.5) is 0 Å². The number of nitrogens with zero attached hydrogens (tertiary/aromatic N) is 3. The van der Waals surface area contributed by atoms with Crippen LogP contribution in [0.15, 0.2) is 10.2 Å². The summed E-state index contributed by atoms with van der Waals surface area (Å²) in [6.45, 7) is 0.548. The van der Waals surface area contributed by atoms with Crippen LogP contribution in [0.5, 0.6) is 0 Å². The van der Waals surface area contributed by atoms with Gasteiger partial charge in [-0.05, 0) is 19.3 Å². The SMILES string of the molecule is CN=[N+]=NCCC1(C(=O)OC)CCCC1. The van der Waals surface area contributed by atoms with Gasteiger partial charge in [-0.15, -0.1) is 0 Å². The Hall–Kier alpha value is -1.22. The first kappa shape index (κ1) is 11.9. The topological polar surface area (TPSA) is 65.1 Å². The first-order chi connectivity index (χ1) is 7.25. The molecule has 5 nitrogen and oxygen atoms in total. The highest BCUT2D eigenvalue weighted by atomic mass is 16.5. The summed E-state index contributed by atoms with van der Waals surface area (Å²) in [5.41, 5.74) is -0.304. The van der Waals surface area contributed by atoms with Crippen molar-refractivity contribution in [2.45, 2.75) is 32.1 Å². The molecule has 0 amide bonds. The molecule has 1 aliphatic carbocycles. The summed E-state index contributed by atoms with van der Waals surface area (Å²) in [7, 11) is 3.03. The van der Waals surface area contributed by atoms with Crippen molar-refractivity contribution in [3.63, 3.8) is 0 Å². The van der Waals surface area contributed by atoms with Crippen LogP contribution < -0.4 is 4.91 Å². The molecule has 0 radical (unpaired) electrons.